The Hall–Kier alpha value is -1.23. The van der Waals surface area contributed by atoms with Gasteiger partial charge in [-0.2, -0.15) is 0 Å². The van der Waals surface area contributed by atoms with Crippen molar-refractivity contribution in [1.29, 1.82) is 0 Å². The first-order valence-electron chi connectivity index (χ1n) is 7.61. The molecule has 4 N–H and O–H groups in total. The second kappa shape index (κ2) is 8.15. The Balaban J connectivity index is 1.81. The lowest BCUT2D eigenvalue weighted by molar-refractivity contribution is -0.122. The maximum Gasteiger partial charge on any atom is 0.156 e. The van der Waals surface area contributed by atoms with Gasteiger partial charge >= 0.3 is 0 Å². The quantitative estimate of drug-likeness (QED) is 0.664. The van der Waals surface area contributed by atoms with Crippen LogP contribution in [0.15, 0.2) is 24.3 Å². The summed E-state index contributed by atoms with van der Waals surface area (Å²) >= 11 is 0. The van der Waals surface area contributed by atoms with Crippen molar-refractivity contribution >= 4 is 5.78 Å². The van der Waals surface area contributed by atoms with Gasteiger partial charge in [0.05, 0.1) is 0 Å². The van der Waals surface area contributed by atoms with Crippen molar-refractivity contribution in [1.82, 2.24) is 10.9 Å². The topological polar surface area (TPSA) is 67.2 Å². The molecule has 110 valence electrons. The van der Waals surface area contributed by atoms with Gasteiger partial charge in [-0.25, -0.2) is 5.43 Å². The van der Waals surface area contributed by atoms with Crippen LogP contribution in [0.3, 0.4) is 0 Å². The molecule has 1 aliphatic heterocycles. The van der Waals surface area contributed by atoms with E-state index in [1.54, 1.807) is 0 Å². The van der Waals surface area contributed by atoms with Crippen LogP contribution in [0.25, 0.3) is 0 Å². The van der Waals surface area contributed by atoms with Crippen LogP contribution in [0.1, 0.15) is 49.3 Å². The monoisotopic (exact) mass is 275 g/mol. The zero-order chi connectivity index (χ0) is 14.2. The molecule has 1 atom stereocenters. The van der Waals surface area contributed by atoms with Crippen molar-refractivity contribution in [3.8, 4) is 0 Å². The van der Waals surface area contributed by atoms with Crippen molar-refractivity contribution in [3.63, 3.8) is 0 Å². The molecule has 1 aromatic carbocycles. The molecule has 1 fully saturated rings. The van der Waals surface area contributed by atoms with E-state index >= 15 is 0 Å². The van der Waals surface area contributed by atoms with Gasteiger partial charge in [-0.3, -0.25) is 10.2 Å². The molecule has 4 heteroatoms. The van der Waals surface area contributed by atoms with Crippen molar-refractivity contribution in [2.24, 2.45) is 5.73 Å². The van der Waals surface area contributed by atoms with Crippen molar-refractivity contribution in [3.05, 3.63) is 35.4 Å². The van der Waals surface area contributed by atoms with Crippen molar-refractivity contribution in [2.45, 2.75) is 44.6 Å². The first kappa shape index (κ1) is 15.2. The highest BCUT2D eigenvalue weighted by atomic mass is 16.1. The Morgan fingerprint density at radius 3 is 2.55 bits per heavy atom. The number of benzene rings is 1. The number of carbonyl (C=O) groups excluding carboxylic acids is 1. The SMILES string of the molecule is NCCCCCCc1ccc(C2NNCCC2=O)cc1. The van der Waals surface area contributed by atoms with Crippen molar-refractivity contribution < 1.29 is 4.79 Å². The van der Waals surface area contributed by atoms with Crippen LogP contribution in [-0.4, -0.2) is 18.9 Å². The van der Waals surface area contributed by atoms with Gasteiger partial charge in [0.2, 0.25) is 0 Å². The van der Waals surface area contributed by atoms with Gasteiger partial charge < -0.3 is 5.73 Å². The Bertz CT molecular complexity index is 416. The summed E-state index contributed by atoms with van der Waals surface area (Å²) in [4.78, 5) is 11.8. The number of unbranched alkanes of at least 4 members (excludes halogenated alkanes) is 3. The molecule has 1 unspecified atom stereocenters. The van der Waals surface area contributed by atoms with Gasteiger partial charge in [-0.15, -0.1) is 0 Å². The van der Waals surface area contributed by atoms with E-state index in [0.717, 1.165) is 31.5 Å². The third kappa shape index (κ3) is 4.40. The first-order chi connectivity index (χ1) is 9.81. The minimum atomic E-state index is -0.192. The largest absolute Gasteiger partial charge is 0.330 e. The summed E-state index contributed by atoms with van der Waals surface area (Å²) in [5.74, 6) is 0.262. The highest BCUT2D eigenvalue weighted by Gasteiger charge is 2.22. The lowest BCUT2D eigenvalue weighted by Gasteiger charge is -2.23. The van der Waals surface area contributed by atoms with E-state index in [9.17, 15) is 4.79 Å². The summed E-state index contributed by atoms with van der Waals surface area (Å²) in [6, 6.07) is 8.22. The summed E-state index contributed by atoms with van der Waals surface area (Å²) in [7, 11) is 0. The second-order valence-corrected chi connectivity index (χ2v) is 5.41. The van der Waals surface area contributed by atoms with Crippen LogP contribution >= 0.6 is 0 Å². The molecule has 1 heterocycles. The van der Waals surface area contributed by atoms with Crippen molar-refractivity contribution in [2.75, 3.05) is 13.1 Å². The van der Waals surface area contributed by atoms with E-state index in [4.69, 9.17) is 5.73 Å². The van der Waals surface area contributed by atoms with Gasteiger partial charge in [-0.1, -0.05) is 37.1 Å². The molecule has 20 heavy (non-hydrogen) atoms. The van der Waals surface area contributed by atoms with Crippen LogP contribution in [0.4, 0.5) is 0 Å². The molecular weight excluding hydrogens is 250 g/mol. The van der Waals surface area contributed by atoms with Crippen LogP contribution in [0.5, 0.6) is 0 Å². The number of ketones is 1. The molecule has 0 aliphatic carbocycles. The predicted octanol–water partition coefficient (Wildman–Crippen LogP) is 1.86. The Labute approximate surface area is 121 Å². The van der Waals surface area contributed by atoms with Gasteiger partial charge in [0.25, 0.3) is 0 Å². The summed E-state index contributed by atoms with van der Waals surface area (Å²) in [6.07, 6.45) is 6.50. The summed E-state index contributed by atoms with van der Waals surface area (Å²) in [6.45, 7) is 1.52. The number of rotatable bonds is 7. The van der Waals surface area contributed by atoms with Gasteiger partial charge in [0, 0.05) is 13.0 Å². The number of nitrogens with one attached hydrogen (secondary N) is 2. The molecule has 0 radical (unpaired) electrons. The summed E-state index contributed by atoms with van der Waals surface area (Å²) in [5, 5.41) is 0. The van der Waals surface area contributed by atoms with E-state index in [2.05, 4.69) is 35.1 Å². The Kier molecular flexibility index (Phi) is 6.18. The van der Waals surface area contributed by atoms with E-state index in [1.165, 1.54) is 24.8 Å². The predicted molar refractivity (Wildman–Crippen MR) is 81.2 cm³/mol. The molecule has 2 rings (SSSR count). The molecule has 0 bridgehead atoms. The number of hydrogen-bond donors (Lipinski definition) is 3. The standard InChI is InChI=1S/C16H25N3O/c17-11-4-2-1-3-5-13-6-8-14(9-7-13)16-15(20)10-12-18-19-16/h6-9,16,18-19H,1-5,10-12,17H2. The average molecular weight is 275 g/mol. The zero-order valence-electron chi connectivity index (χ0n) is 12.0. The number of carbonyl (C=O) groups is 1. The number of Topliss-reactive ketones (excluding diaryl/α,β-unsaturated/α-hetero) is 1. The molecule has 1 saturated heterocycles. The average Bonchev–Trinajstić information content (AvgIpc) is 2.48. The van der Waals surface area contributed by atoms with Crippen LogP contribution in [0.2, 0.25) is 0 Å². The van der Waals surface area contributed by atoms with Gasteiger partial charge in [0.15, 0.2) is 5.78 Å². The molecule has 0 saturated carbocycles. The minimum absolute atomic E-state index is 0.192. The normalized spacial score (nSPS) is 19.2. The van der Waals surface area contributed by atoms with E-state index in [-0.39, 0.29) is 11.8 Å². The zero-order valence-corrected chi connectivity index (χ0v) is 12.0. The number of aryl methyl sites for hydroxylation is 1. The van der Waals surface area contributed by atoms with Gasteiger partial charge in [-0.05, 0) is 36.9 Å². The number of hydrazine groups is 1. The smallest absolute Gasteiger partial charge is 0.156 e. The van der Waals surface area contributed by atoms with Crippen LogP contribution < -0.4 is 16.6 Å². The van der Waals surface area contributed by atoms with E-state index < -0.39 is 0 Å². The summed E-state index contributed by atoms with van der Waals surface area (Å²) < 4.78 is 0. The third-order valence-corrected chi connectivity index (χ3v) is 3.80. The molecule has 4 nitrogen and oxygen atoms in total. The Morgan fingerprint density at radius 1 is 1.10 bits per heavy atom. The second-order valence-electron chi connectivity index (χ2n) is 5.41. The fraction of sp³-hybridized carbons (Fsp3) is 0.562. The molecule has 0 aromatic heterocycles. The van der Waals surface area contributed by atoms with Gasteiger partial charge in [0.1, 0.15) is 6.04 Å². The highest BCUT2D eigenvalue weighted by Crippen LogP contribution is 2.18. The Morgan fingerprint density at radius 2 is 1.85 bits per heavy atom. The maximum atomic E-state index is 11.8. The number of hydrogen-bond acceptors (Lipinski definition) is 4. The number of nitrogens with two attached hydrogens (primary N) is 1. The molecular formula is C16H25N3O. The molecule has 1 aromatic rings. The molecule has 1 aliphatic rings. The highest BCUT2D eigenvalue weighted by molar-refractivity contribution is 5.86. The maximum absolute atomic E-state index is 11.8. The molecule has 0 spiro atoms. The first-order valence-corrected chi connectivity index (χ1v) is 7.61. The molecule has 0 amide bonds. The fourth-order valence-electron chi connectivity index (χ4n) is 2.56. The van der Waals surface area contributed by atoms with Crippen LogP contribution in [0, 0.1) is 0 Å². The lowest BCUT2D eigenvalue weighted by Crippen LogP contribution is -2.45. The summed E-state index contributed by atoms with van der Waals surface area (Å²) in [5.41, 5.74) is 14.0. The lowest BCUT2D eigenvalue weighted by atomic mass is 9.97. The third-order valence-electron chi connectivity index (χ3n) is 3.80. The minimum Gasteiger partial charge on any atom is -0.330 e. The fourth-order valence-corrected chi connectivity index (χ4v) is 2.56. The van der Waals surface area contributed by atoms with E-state index in [0.29, 0.717) is 6.42 Å². The van der Waals surface area contributed by atoms with E-state index in [1.807, 2.05) is 0 Å². The van der Waals surface area contributed by atoms with Crippen LogP contribution in [-0.2, 0) is 11.2 Å².